The van der Waals surface area contributed by atoms with Crippen LogP contribution in [0.15, 0.2) is 35.7 Å². The minimum absolute atomic E-state index is 0.318. The lowest BCUT2D eigenvalue weighted by Crippen LogP contribution is -2.17. The van der Waals surface area contributed by atoms with E-state index in [4.69, 9.17) is 5.26 Å². The molecule has 2 aromatic rings. The first-order chi connectivity index (χ1) is 8.69. The van der Waals surface area contributed by atoms with E-state index in [1.54, 1.807) is 11.3 Å². The lowest BCUT2D eigenvalue weighted by atomic mass is 10.1. The van der Waals surface area contributed by atoms with Gasteiger partial charge in [-0.25, -0.2) is 0 Å². The molecule has 18 heavy (non-hydrogen) atoms. The molecule has 0 fully saturated rings. The van der Waals surface area contributed by atoms with Crippen LogP contribution in [0.5, 0.6) is 0 Å². The Balaban J connectivity index is 1.94. The van der Waals surface area contributed by atoms with Crippen molar-refractivity contribution in [3.05, 3.63) is 57.3 Å². The van der Waals surface area contributed by atoms with Crippen LogP contribution in [0.3, 0.4) is 0 Å². The van der Waals surface area contributed by atoms with Gasteiger partial charge >= 0.3 is 0 Å². The lowest BCUT2D eigenvalue weighted by Gasteiger charge is -2.13. The molecule has 0 unspecified atom stereocenters. The molecular weight excluding hydrogens is 240 g/mol. The maximum Gasteiger partial charge on any atom is 0.100 e. The maximum atomic E-state index is 8.77. The average molecular weight is 256 g/mol. The fourth-order valence-corrected chi connectivity index (χ4v) is 2.52. The van der Waals surface area contributed by atoms with Gasteiger partial charge in [0.15, 0.2) is 0 Å². The monoisotopic (exact) mass is 256 g/mol. The molecule has 0 saturated carbocycles. The summed E-state index contributed by atoms with van der Waals surface area (Å²) in [6.45, 7) is 5.06. The molecule has 0 radical (unpaired) electrons. The van der Waals surface area contributed by atoms with Gasteiger partial charge in [0.1, 0.15) is 6.07 Å². The van der Waals surface area contributed by atoms with Crippen LogP contribution >= 0.6 is 11.3 Å². The molecule has 2 nitrogen and oxygen atoms in total. The molecule has 1 atom stereocenters. The SMILES string of the molecule is Cc1ccc([C@H](C)NCc2cc(C#N)cs2)cc1. The largest absolute Gasteiger partial charge is 0.305 e. The summed E-state index contributed by atoms with van der Waals surface area (Å²) in [4.78, 5) is 1.20. The molecule has 0 aliphatic heterocycles. The maximum absolute atomic E-state index is 8.77. The first kappa shape index (κ1) is 12.8. The van der Waals surface area contributed by atoms with Crippen LogP contribution in [0.25, 0.3) is 0 Å². The summed E-state index contributed by atoms with van der Waals surface area (Å²) >= 11 is 1.63. The van der Waals surface area contributed by atoms with Gasteiger partial charge in [-0.1, -0.05) is 29.8 Å². The fourth-order valence-electron chi connectivity index (χ4n) is 1.76. The summed E-state index contributed by atoms with van der Waals surface area (Å²) in [5.74, 6) is 0. The number of hydrogen-bond acceptors (Lipinski definition) is 3. The van der Waals surface area contributed by atoms with Crippen LogP contribution in [0.2, 0.25) is 0 Å². The highest BCUT2D eigenvalue weighted by Crippen LogP contribution is 2.17. The Morgan fingerprint density at radius 3 is 2.67 bits per heavy atom. The van der Waals surface area contributed by atoms with Crippen molar-refractivity contribution in [2.45, 2.75) is 26.4 Å². The molecule has 2 rings (SSSR count). The van der Waals surface area contributed by atoms with Gasteiger partial charge in [-0.05, 0) is 25.5 Å². The third-order valence-electron chi connectivity index (χ3n) is 2.94. The molecule has 0 aliphatic rings. The molecule has 1 aromatic carbocycles. The number of thiophene rings is 1. The van der Waals surface area contributed by atoms with Crippen LogP contribution in [-0.2, 0) is 6.54 Å². The van der Waals surface area contributed by atoms with Crippen molar-refractivity contribution < 1.29 is 0 Å². The summed E-state index contributed by atoms with van der Waals surface area (Å²) in [7, 11) is 0. The second kappa shape index (κ2) is 5.81. The van der Waals surface area contributed by atoms with Gasteiger partial charge < -0.3 is 5.32 Å². The number of benzene rings is 1. The number of rotatable bonds is 4. The molecule has 1 N–H and O–H groups in total. The highest BCUT2D eigenvalue weighted by molar-refractivity contribution is 7.10. The lowest BCUT2D eigenvalue weighted by molar-refractivity contribution is 0.579. The zero-order valence-corrected chi connectivity index (χ0v) is 11.4. The van der Waals surface area contributed by atoms with Crippen molar-refractivity contribution >= 4 is 11.3 Å². The second-order valence-electron chi connectivity index (χ2n) is 4.43. The molecule has 1 heterocycles. The zero-order chi connectivity index (χ0) is 13.0. The first-order valence-electron chi connectivity index (χ1n) is 5.96. The summed E-state index contributed by atoms with van der Waals surface area (Å²) in [5, 5.41) is 14.1. The van der Waals surface area contributed by atoms with Crippen molar-refractivity contribution in [2.24, 2.45) is 0 Å². The van der Waals surface area contributed by atoms with Crippen molar-refractivity contribution in [1.29, 1.82) is 5.26 Å². The van der Waals surface area contributed by atoms with Gasteiger partial charge in [0.25, 0.3) is 0 Å². The van der Waals surface area contributed by atoms with E-state index in [0.717, 1.165) is 12.1 Å². The predicted molar refractivity (Wildman–Crippen MR) is 75.5 cm³/mol. The van der Waals surface area contributed by atoms with E-state index in [-0.39, 0.29) is 0 Å². The van der Waals surface area contributed by atoms with Gasteiger partial charge in [0.05, 0.1) is 5.56 Å². The summed E-state index contributed by atoms with van der Waals surface area (Å²) in [6, 6.07) is 13.0. The van der Waals surface area contributed by atoms with Gasteiger partial charge in [-0.3, -0.25) is 0 Å². The molecule has 92 valence electrons. The summed E-state index contributed by atoms with van der Waals surface area (Å²) in [5.41, 5.74) is 3.32. The van der Waals surface area contributed by atoms with E-state index in [0.29, 0.717) is 6.04 Å². The highest BCUT2D eigenvalue weighted by atomic mass is 32.1. The van der Waals surface area contributed by atoms with Gasteiger partial charge in [-0.2, -0.15) is 5.26 Å². The summed E-state index contributed by atoms with van der Waals surface area (Å²) in [6.07, 6.45) is 0. The molecule has 0 saturated heterocycles. The molecule has 0 spiro atoms. The molecule has 3 heteroatoms. The molecule has 0 amide bonds. The summed E-state index contributed by atoms with van der Waals surface area (Å²) < 4.78 is 0. The first-order valence-corrected chi connectivity index (χ1v) is 6.84. The number of nitrogens with one attached hydrogen (secondary N) is 1. The van der Waals surface area contributed by atoms with Crippen molar-refractivity contribution in [3.63, 3.8) is 0 Å². The smallest absolute Gasteiger partial charge is 0.100 e. The van der Waals surface area contributed by atoms with Gasteiger partial charge in [0.2, 0.25) is 0 Å². The van der Waals surface area contributed by atoms with Crippen LogP contribution in [-0.4, -0.2) is 0 Å². The van der Waals surface area contributed by atoms with E-state index in [2.05, 4.69) is 49.5 Å². The van der Waals surface area contributed by atoms with Crippen molar-refractivity contribution in [1.82, 2.24) is 5.32 Å². The average Bonchev–Trinajstić information content (AvgIpc) is 2.85. The van der Waals surface area contributed by atoms with Crippen molar-refractivity contribution in [3.8, 4) is 6.07 Å². The Morgan fingerprint density at radius 1 is 1.33 bits per heavy atom. The van der Waals surface area contributed by atoms with E-state index < -0.39 is 0 Å². The molecule has 0 bridgehead atoms. The van der Waals surface area contributed by atoms with Crippen LogP contribution in [0.4, 0.5) is 0 Å². The Hall–Kier alpha value is -1.63. The topological polar surface area (TPSA) is 35.8 Å². The third kappa shape index (κ3) is 3.19. The minimum atomic E-state index is 0.318. The van der Waals surface area contributed by atoms with Gasteiger partial charge in [0, 0.05) is 22.8 Å². The fraction of sp³-hybridized carbons (Fsp3) is 0.267. The Labute approximate surface area is 112 Å². The Kier molecular flexibility index (Phi) is 4.14. The molecular formula is C15H16N2S. The number of nitrogens with zero attached hydrogens (tertiary/aromatic N) is 1. The predicted octanol–water partition coefficient (Wildman–Crippen LogP) is 3.78. The van der Waals surface area contributed by atoms with E-state index in [1.807, 2.05) is 11.4 Å². The Bertz CT molecular complexity index is 549. The molecule has 1 aromatic heterocycles. The van der Waals surface area contributed by atoms with E-state index in [1.165, 1.54) is 16.0 Å². The third-order valence-corrected chi connectivity index (χ3v) is 3.88. The van der Waals surface area contributed by atoms with Crippen LogP contribution in [0.1, 0.15) is 34.5 Å². The number of aryl methyl sites for hydroxylation is 1. The highest BCUT2D eigenvalue weighted by Gasteiger charge is 2.05. The quantitative estimate of drug-likeness (QED) is 0.903. The van der Waals surface area contributed by atoms with Gasteiger partial charge in [-0.15, -0.1) is 11.3 Å². The van der Waals surface area contributed by atoms with Crippen LogP contribution < -0.4 is 5.32 Å². The van der Waals surface area contributed by atoms with E-state index >= 15 is 0 Å². The zero-order valence-electron chi connectivity index (χ0n) is 10.6. The van der Waals surface area contributed by atoms with Crippen LogP contribution in [0, 0.1) is 18.3 Å². The number of nitriles is 1. The Morgan fingerprint density at radius 2 is 2.06 bits per heavy atom. The normalized spacial score (nSPS) is 12.1. The standard InChI is InChI=1S/C15H16N2S/c1-11-3-5-14(6-4-11)12(2)17-9-15-7-13(8-16)10-18-15/h3-7,10,12,17H,9H2,1-2H3/t12-/m0/s1. The minimum Gasteiger partial charge on any atom is -0.305 e. The molecule has 0 aliphatic carbocycles. The number of hydrogen-bond donors (Lipinski definition) is 1. The van der Waals surface area contributed by atoms with Crippen molar-refractivity contribution in [2.75, 3.05) is 0 Å². The van der Waals surface area contributed by atoms with E-state index in [9.17, 15) is 0 Å². The second-order valence-corrected chi connectivity index (χ2v) is 5.42.